The summed E-state index contributed by atoms with van der Waals surface area (Å²) in [4.78, 5) is 38.6. The molecule has 0 unspecified atom stereocenters. The zero-order valence-corrected chi connectivity index (χ0v) is 16.1. The molecule has 1 aliphatic heterocycles. The fraction of sp³-hybridized carbons (Fsp3) is 0.318. The van der Waals surface area contributed by atoms with Gasteiger partial charge in [0, 0.05) is 18.7 Å². The second kappa shape index (κ2) is 7.95. The Balaban J connectivity index is 1.63. The van der Waals surface area contributed by atoms with Crippen LogP contribution in [0.15, 0.2) is 54.6 Å². The molecule has 3 amide bonds. The topological polar surface area (TPSA) is 87.7 Å². The lowest BCUT2D eigenvalue weighted by atomic mass is 10.00. The molecule has 4 rings (SSSR count). The molecule has 2 aromatic carbocycles. The van der Waals surface area contributed by atoms with Crippen molar-refractivity contribution in [2.75, 3.05) is 5.32 Å². The Morgan fingerprint density at radius 3 is 2.55 bits per heavy atom. The summed E-state index contributed by atoms with van der Waals surface area (Å²) >= 11 is 0. The summed E-state index contributed by atoms with van der Waals surface area (Å²) in [6, 6.07) is 16.0. The number of carbonyl (C=O) groups excluding carboxylic acids is 3. The molecule has 2 N–H and O–H groups in total. The molecule has 1 aliphatic carbocycles. The number of hydrogen-bond donors (Lipinski definition) is 2. The van der Waals surface area contributed by atoms with Gasteiger partial charge in [0.05, 0.1) is 6.54 Å². The summed E-state index contributed by atoms with van der Waals surface area (Å²) in [5, 5.41) is 5.72. The summed E-state index contributed by atoms with van der Waals surface area (Å²) in [5.74, 6) is -0.413. The van der Waals surface area contributed by atoms with Gasteiger partial charge in [-0.2, -0.15) is 0 Å². The number of carbonyl (C=O) groups is 3. The fourth-order valence-corrected chi connectivity index (χ4v) is 3.50. The molecule has 0 bridgehead atoms. The highest BCUT2D eigenvalue weighted by atomic mass is 16.6. The maximum absolute atomic E-state index is 13.0. The summed E-state index contributed by atoms with van der Waals surface area (Å²) in [6.45, 7) is 1.71. The van der Waals surface area contributed by atoms with Crippen LogP contribution in [0.1, 0.15) is 37.0 Å². The van der Waals surface area contributed by atoms with E-state index in [0.29, 0.717) is 11.3 Å². The third-order valence-corrected chi connectivity index (χ3v) is 5.01. The first-order valence-corrected chi connectivity index (χ1v) is 9.70. The van der Waals surface area contributed by atoms with Crippen molar-refractivity contribution in [2.45, 2.75) is 44.5 Å². The van der Waals surface area contributed by atoms with Crippen molar-refractivity contribution in [3.63, 3.8) is 0 Å². The monoisotopic (exact) mass is 393 g/mol. The van der Waals surface area contributed by atoms with E-state index in [1.165, 1.54) is 11.8 Å². The predicted octanol–water partition coefficient (Wildman–Crippen LogP) is 2.99. The largest absolute Gasteiger partial charge is 0.438 e. The number of anilines is 1. The first kappa shape index (κ1) is 19.0. The lowest BCUT2D eigenvalue weighted by Gasteiger charge is -2.24. The van der Waals surface area contributed by atoms with Crippen molar-refractivity contribution in [1.82, 2.24) is 10.2 Å². The first-order valence-electron chi connectivity index (χ1n) is 9.70. The lowest BCUT2D eigenvalue weighted by Crippen LogP contribution is -2.46. The van der Waals surface area contributed by atoms with Crippen molar-refractivity contribution in [2.24, 2.45) is 0 Å². The van der Waals surface area contributed by atoms with E-state index in [2.05, 4.69) is 10.6 Å². The van der Waals surface area contributed by atoms with Crippen molar-refractivity contribution in [3.8, 4) is 0 Å². The zero-order valence-electron chi connectivity index (χ0n) is 16.1. The van der Waals surface area contributed by atoms with E-state index >= 15 is 0 Å². The molecule has 0 spiro atoms. The van der Waals surface area contributed by atoms with Crippen LogP contribution in [-0.2, 0) is 20.9 Å². The minimum Gasteiger partial charge on any atom is -0.438 e. The number of benzene rings is 2. The Bertz CT molecular complexity index is 927. The highest BCUT2D eigenvalue weighted by Crippen LogP contribution is 2.35. The maximum Gasteiger partial charge on any atom is 0.411 e. The lowest BCUT2D eigenvalue weighted by molar-refractivity contribution is -0.126. The van der Waals surface area contributed by atoms with Gasteiger partial charge in [-0.1, -0.05) is 42.5 Å². The molecule has 1 saturated carbocycles. The first-order chi connectivity index (χ1) is 14.0. The average molecular weight is 393 g/mol. The molecule has 7 nitrogen and oxygen atoms in total. The van der Waals surface area contributed by atoms with Gasteiger partial charge in [-0.25, -0.2) is 4.79 Å². The van der Waals surface area contributed by atoms with Crippen molar-refractivity contribution in [3.05, 3.63) is 65.7 Å². The summed E-state index contributed by atoms with van der Waals surface area (Å²) in [7, 11) is 0. The molecule has 2 fully saturated rings. The molecule has 2 aromatic rings. The van der Waals surface area contributed by atoms with Crippen LogP contribution in [0.5, 0.6) is 0 Å². The molecular formula is C22H23N3O4. The predicted molar refractivity (Wildman–Crippen MR) is 107 cm³/mol. The Kier molecular flexibility index (Phi) is 5.20. The Morgan fingerprint density at radius 2 is 1.86 bits per heavy atom. The van der Waals surface area contributed by atoms with Gasteiger partial charge in [0.25, 0.3) is 0 Å². The Labute approximate surface area is 169 Å². The minimum atomic E-state index is -0.782. The number of nitrogens with zero attached hydrogens (tertiary/aromatic N) is 1. The number of amides is 3. The minimum absolute atomic E-state index is 0.170. The molecule has 2 atom stereocenters. The maximum atomic E-state index is 13.0. The summed E-state index contributed by atoms with van der Waals surface area (Å²) in [6.07, 6.45) is 0.627. The number of cyclic esters (lactones) is 1. The second-order valence-corrected chi connectivity index (χ2v) is 7.45. The van der Waals surface area contributed by atoms with E-state index in [0.717, 1.165) is 18.4 Å². The second-order valence-electron chi connectivity index (χ2n) is 7.45. The molecule has 0 radical (unpaired) electrons. The number of rotatable bonds is 6. The normalized spacial score (nSPS) is 20.9. The highest BCUT2D eigenvalue weighted by Gasteiger charge is 2.47. The van der Waals surface area contributed by atoms with Gasteiger partial charge in [0.2, 0.25) is 11.8 Å². The molecule has 0 aromatic heterocycles. The van der Waals surface area contributed by atoms with Gasteiger partial charge >= 0.3 is 6.09 Å². The Hall–Kier alpha value is -3.35. The van der Waals surface area contributed by atoms with Crippen LogP contribution in [0, 0.1) is 0 Å². The van der Waals surface area contributed by atoms with Gasteiger partial charge in [0.15, 0.2) is 12.1 Å². The van der Waals surface area contributed by atoms with Crippen LogP contribution in [-0.4, -0.2) is 34.9 Å². The smallest absolute Gasteiger partial charge is 0.411 e. The van der Waals surface area contributed by atoms with E-state index in [1.807, 2.05) is 30.3 Å². The van der Waals surface area contributed by atoms with Crippen molar-refractivity contribution in [1.29, 1.82) is 0 Å². The van der Waals surface area contributed by atoms with Crippen LogP contribution in [0.2, 0.25) is 0 Å². The van der Waals surface area contributed by atoms with E-state index in [-0.39, 0.29) is 24.4 Å². The molecular weight excluding hydrogens is 370 g/mol. The zero-order chi connectivity index (χ0) is 20.4. The Morgan fingerprint density at radius 1 is 1.10 bits per heavy atom. The number of nitrogens with one attached hydrogen (secondary N) is 2. The molecule has 29 heavy (non-hydrogen) atoms. The SMILES string of the molecule is CC(=O)Nc1cccc([C@@H]2OC(=O)N(Cc3ccccc3)[C@H]2C(=O)NC2CC2)c1. The van der Waals surface area contributed by atoms with E-state index in [9.17, 15) is 14.4 Å². The van der Waals surface area contributed by atoms with Crippen molar-refractivity contribution < 1.29 is 19.1 Å². The molecule has 150 valence electrons. The molecule has 2 aliphatic rings. The highest BCUT2D eigenvalue weighted by molar-refractivity contribution is 5.90. The van der Waals surface area contributed by atoms with E-state index in [4.69, 9.17) is 4.74 Å². The third-order valence-electron chi connectivity index (χ3n) is 5.01. The third kappa shape index (κ3) is 4.39. The van der Waals surface area contributed by atoms with Gasteiger partial charge in [0.1, 0.15) is 0 Å². The quantitative estimate of drug-likeness (QED) is 0.790. The number of hydrogen-bond acceptors (Lipinski definition) is 4. The molecule has 1 saturated heterocycles. The van der Waals surface area contributed by atoms with E-state index < -0.39 is 18.2 Å². The van der Waals surface area contributed by atoms with Gasteiger partial charge in [-0.05, 0) is 36.1 Å². The van der Waals surface area contributed by atoms with Gasteiger partial charge in [-0.15, -0.1) is 0 Å². The van der Waals surface area contributed by atoms with Crippen LogP contribution >= 0.6 is 0 Å². The van der Waals surface area contributed by atoms with Crippen LogP contribution in [0.4, 0.5) is 10.5 Å². The molecule has 7 heteroatoms. The fourth-order valence-electron chi connectivity index (χ4n) is 3.50. The van der Waals surface area contributed by atoms with E-state index in [1.54, 1.807) is 24.3 Å². The van der Waals surface area contributed by atoms with Crippen LogP contribution in [0.3, 0.4) is 0 Å². The van der Waals surface area contributed by atoms with Crippen LogP contribution in [0.25, 0.3) is 0 Å². The van der Waals surface area contributed by atoms with Crippen molar-refractivity contribution >= 4 is 23.6 Å². The van der Waals surface area contributed by atoms with Gasteiger partial charge < -0.3 is 15.4 Å². The van der Waals surface area contributed by atoms with Crippen LogP contribution < -0.4 is 10.6 Å². The van der Waals surface area contributed by atoms with Gasteiger partial charge in [-0.3, -0.25) is 14.5 Å². The average Bonchev–Trinajstić information content (AvgIpc) is 3.45. The standard InChI is InChI=1S/C22H23N3O4/c1-14(26)23-18-9-5-8-16(12-18)20-19(21(27)24-17-10-11-17)25(22(28)29-20)13-15-6-3-2-4-7-15/h2-9,12,17,19-20H,10-11,13H2,1H3,(H,23,26)(H,24,27)/t19-,20+/m1/s1. The summed E-state index contributed by atoms with van der Waals surface area (Å²) < 4.78 is 5.64. The number of ether oxygens (including phenoxy) is 1. The summed E-state index contributed by atoms with van der Waals surface area (Å²) in [5.41, 5.74) is 2.17. The molecule has 1 heterocycles.